The number of nitrogens with zero attached hydrogens (tertiary/aromatic N) is 4. The number of nitrogens with one attached hydrogen (secondary N) is 1. The van der Waals surface area contributed by atoms with Crippen molar-refractivity contribution in [2.75, 3.05) is 0 Å². The zero-order valence-electron chi connectivity index (χ0n) is 16.2. The zero-order valence-corrected chi connectivity index (χ0v) is 16.2. The molecule has 0 fully saturated rings. The van der Waals surface area contributed by atoms with E-state index in [1.807, 2.05) is 6.07 Å². The Balaban J connectivity index is 1.86. The number of alkyl halides is 3. The van der Waals surface area contributed by atoms with Gasteiger partial charge in [0, 0.05) is 18.6 Å². The summed E-state index contributed by atoms with van der Waals surface area (Å²) in [7, 11) is 1.50. The number of aromatic nitrogens is 3. The second kappa shape index (κ2) is 8.02. The van der Waals surface area contributed by atoms with E-state index in [2.05, 4.69) is 15.4 Å². The van der Waals surface area contributed by atoms with Gasteiger partial charge in [-0.3, -0.25) is 14.5 Å². The minimum atomic E-state index is -4.61. The highest BCUT2D eigenvalue weighted by molar-refractivity contribution is 6.05. The van der Waals surface area contributed by atoms with E-state index in [9.17, 15) is 23.2 Å². The first-order chi connectivity index (χ1) is 14.1. The second-order valence-corrected chi connectivity index (χ2v) is 6.95. The summed E-state index contributed by atoms with van der Waals surface area (Å²) in [5.74, 6) is -0.399. The Kier molecular flexibility index (Phi) is 5.64. The molecule has 1 aromatic carbocycles. The lowest BCUT2D eigenvalue weighted by atomic mass is 9.99. The summed E-state index contributed by atoms with van der Waals surface area (Å²) < 4.78 is 45.4. The fraction of sp³-hybridized carbons (Fsp3) is 0.300. The van der Waals surface area contributed by atoms with Crippen LogP contribution in [0.5, 0.6) is 5.75 Å². The van der Waals surface area contributed by atoms with E-state index in [1.54, 1.807) is 36.5 Å². The number of hydrogen-bond acceptors (Lipinski definition) is 5. The van der Waals surface area contributed by atoms with Crippen LogP contribution in [-0.2, 0) is 13.7 Å². The van der Waals surface area contributed by atoms with E-state index in [1.165, 1.54) is 17.8 Å². The van der Waals surface area contributed by atoms with Gasteiger partial charge in [0.25, 0.3) is 5.91 Å². The topological polar surface area (TPSA) is 92.8 Å². The van der Waals surface area contributed by atoms with Gasteiger partial charge >= 0.3 is 6.18 Å². The molecule has 3 rings (SSSR count). The van der Waals surface area contributed by atoms with Crippen molar-refractivity contribution in [1.29, 1.82) is 5.26 Å². The van der Waals surface area contributed by atoms with Crippen molar-refractivity contribution < 1.29 is 22.7 Å². The molecule has 0 radical (unpaired) electrons. The van der Waals surface area contributed by atoms with Gasteiger partial charge in [-0.05, 0) is 37.3 Å². The zero-order chi connectivity index (χ0) is 21.9. The van der Waals surface area contributed by atoms with Crippen molar-refractivity contribution >= 4 is 16.8 Å². The van der Waals surface area contributed by atoms with Gasteiger partial charge in [0.15, 0.2) is 0 Å². The Hall–Kier alpha value is -3.61. The molecule has 30 heavy (non-hydrogen) atoms. The average Bonchev–Trinajstić information content (AvgIpc) is 3.00. The maximum absolute atomic E-state index is 12.8. The minimum absolute atomic E-state index is 0.0249. The van der Waals surface area contributed by atoms with Crippen LogP contribution in [0.2, 0.25) is 0 Å². The Morgan fingerprint density at radius 3 is 2.70 bits per heavy atom. The van der Waals surface area contributed by atoms with Crippen LogP contribution in [-0.4, -0.2) is 32.4 Å². The van der Waals surface area contributed by atoms with Gasteiger partial charge in [-0.15, -0.1) is 0 Å². The lowest BCUT2D eigenvalue weighted by molar-refractivity contribution is -0.143. The molecule has 7 nitrogen and oxygen atoms in total. The van der Waals surface area contributed by atoms with Crippen LogP contribution in [0.25, 0.3) is 10.9 Å². The van der Waals surface area contributed by atoms with Crippen LogP contribution in [0.1, 0.15) is 29.5 Å². The number of hydrogen-bond donors (Lipinski definition) is 1. The molecular formula is C20H18F3N5O2. The second-order valence-electron chi connectivity index (χ2n) is 6.95. The highest BCUT2D eigenvalue weighted by Gasteiger charge is 2.41. The molecule has 1 N–H and O–H groups in total. The smallest absolute Gasteiger partial charge is 0.392 e. The number of fused-ring (bicyclic) bond motifs is 1. The van der Waals surface area contributed by atoms with Crippen LogP contribution < -0.4 is 10.1 Å². The molecular weight excluding hydrogens is 399 g/mol. The average molecular weight is 417 g/mol. The highest BCUT2D eigenvalue weighted by Crippen LogP contribution is 2.28. The minimum Gasteiger partial charge on any atom is -0.487 e. The number of pyridine rings is 1. The predicted molar refractivity (Wildman–Crippen MR) is 101 cm³/mol. The first-order valence-corrected chi connectivity index (χ1v) is 8.90. The first kappa shape index (κ1) is 21.1. The Morgan fingerprint density at radius 1 is 1.30 bits per heavy atom. The molecule has 1 amide bonds. The van der Waals surface area contributed by atoms with E-state index in [0.29, 0.717) is 22.3 Å². The van der Waals surface area contributed by atoms with Crippen molar-refractivity contribution in [2.45, 2.75) is 31.7 Å². The molecule has 3 aromatic rings. The number of carbonyl (C=O) groups excluding carboxylic acids is 1. The van der Waals surface area contributed by atoms with Crippen LogP contribution >= 0.6 is 0 Å². The summed E-state index contributed by atoms with van der Waals surface area (Å²) in [6.45, 7) is 1.23. The number of ether oxygens (including phenoxy) is 1. The number of rotatable bonds is 6. The summed E-state index contributed by atoms with van der Waals surface area (Å²) in [6.07, 6.45) is -4.45. The van der Waals surface area contributed by atoms with E-state index in [-0.39, 0.29) is 12.3 Å². The van der Waals surface area contributed by atoms with Gasteiger partial charge in [0.05, 0.1) is 23.7 Å². The van der Waals surface area contributed by atoms with Crippen molar-refractivity contribution in [2.24, 2.45) is 7.05 Å². The highest BCUT2D eigenvalue weighted by atomic mass is 19.4. The maximum Gasteiger partial charge on any atom is 0.392 e. The SMILES string of the molecule is Cn1nc2ccc(OCc3ccccn3)cc2c1C(=O)NC(C)(C#N)CC(F)(F)F. The molecule has 0 saturated carbocycles. The van der Waals surface area contributed by atoms with Crippen LogP contribution in [0, 0.1) is 11.3 Å². The Bertz CT molecular complexity index is 1110. The van der Waals surface area contributed by atoms with E-state index in [4.69, 9.17) is 4.74 Å². The van der Waals surface area contributed by atoms with E-state index >= 15 is 0 Å². The Labute approximate surface area is 170 Å². The van der Waals surface area contributed by atoms with Gasteiger partial charge in [-0.1, -0.05) is 6.07 Å². The molecule has 0 bridgehead atoms. The fourth-order valence-corrected chi connectivity index (χ4v) is 3.00. The molecule has 1 unspecified atom stereocenters. The summed E-state index contributed by atoms with van der Waals surface area (Å²) in [4.78, 5) is 16.9. The van der Waals surface area contributed by atoms with Crippen LogP contribution in [0.3, 0.4) is 0 Å². The van der Waals surface area contributed by atoms with E-state index < -0.39 is 24.0 Å². The standard InChI is InChI=1S/C20H18F3N5O2/c1-19(12-24,11-20(21,22)23)26-18(29)17-15-9-14(6-7-16(15)27-28(17)2)30-10-13-5-3-4-8-25-13/h3-9H,10-11H2,1-2H3,(H,26,29). The van der Waals surface area contributed by atoms with Gasteiger partial charge < -0.3 is 10.1 Å². The molecule has 0 aliphatic carbocycles. The summed E-state index contributed by atoms with van der Waals surface area (Å²) in [6, 6.07) is 11.8. The molecule has 10 heteroatoms. The molecule has 0 spiro atoms. The summed E-state index contributed by atoms with van der Waals surface area (Å²) in [5, 5.41) is 16.0. The summed E-state index contributed by atoms with van der Waals surface area (Å²) in [5.41, 5.74) is -0.920. The normalized spacial score (nSPS) is 13.5. The molecule has 0 aliphatic heterocycles. The molecule has 1 atom stereocenters. The number of benzene rings is 1. The third-order valence-corrected chi connectivity index (χ3v) is 4.32. The molecule has 2 aromatic heterocycles. The van der Waals surface area contributed by atoms with Gasteiger partial charge in [0.1, 0.15) is 23.6 Å². The number of aryl methyl sites for hydroxylation is 1. The number of halogens is 3. The van der Waals surface area contributed by atoms with E-state index in [0.717, 1.165) is 6.92 Å². The molecule has 156 valence electrons. The van der Waals surface area contributed by atoms with Crippen molar-refractivity contribution in [3.8, 4) is 11.8 Å². The number of carbonyl (C=O) groups is 1. The number of nitriles is 1. The largest absolute Gasteiger partial charge is 0.487 e. The first-order valence-electron chi connectivity index (χ1n) is 8.90. The lowest BCUT2D eigenvalue weighted by Crippen LogP contribution is -2.48. The molecule has 0 saturated heterocycles. The van der Waals surface area contributed by atoms with Crippen molar-refractivity contribution in [1.82, 2.24) is 20.1 Å². The maximum atomic E-state index is 12.8. The Morgan fingerprint density at radius 2 is 2.07 bits per heavy atom. The molecule has 0 aliphatic rings. The van der Waals surface area contributed by atoms with Gasteiger partial charge in [-0.25, -0.2) is 0 Å². The predicted octanol–water partition coefficient (Wildman–Crippen LogP) is 3.51. The lowest BCUT2D eigenvalue weighted by Gasteiger charge is -2.24. The third kappa shape index (κ3) is 4.86. The number of amides is 1. The van der Waals surface area contributed by atoms with Gasteiger partial charge in [-0.2, -0.15) is 23.5 Å². The van der Waals surface area contributed by atoms with Crippen LogP contribution in [0.15, 0.2) is 42.6 Å². The third-order valence-electron chi connectivity index (χ3n) is 4.32. The molecule has 2 heterocycles. The fourth-order valence-electron chi connectivity index (χ4n) is 3.00. The monoisotopic (exact) mass is 417 g/mol. The summed E-state index contributed by atoms with van der Waals surface area (Å²) >= 11 is 0. The quantitative estimate of drug-likeness (QED) is 0.663. The van der Waals surface area contributed by atoms with Crippen LogP contribution in [0.4, 0.5) is 13.2 Å². The van der Waals surface area contributed by atoms with Crippen molar-refractivity contribution in [3.63, 3.8) is 0 Å². The van der Waals surface area contributed by atoms with Crippen molar-refractivity contribution in [3.05, 3.63) is 54.0 Å². The van der Waals surface area contributed by atoms with Gasteiger partial charge in [0.2, 0.25) is 0 Å².